The lowest BCUT2D eigenvalue weighted by Gasteiger charge is -2.36. The number of hydrogen-bond donors (Lipinski definition) is 1. The molecule has 0 radical (unpaired) electrons. The van der Waals surface area contributed by atoms with E-state index in [-0.39, 0.29) is 12.3 Å². The highest BCUT2D eigenvalue weighted by Crippen LogP contribution is 2.42. The molecule has 4 aromatic carbocycles. The van der Waals surface area contributed by atoms with E-state index in [1.54, 1.807) is 0 Å². The fourth-order valence-electron chi connectivity index (χ4n) is 4.76. The summed E-state index contributed by atoms with van der Waals surface area (Å²) in [4.78, 5) is 26.4. The van der Waals surface area contributed by atoms with Crippen LogP contribution in [-0.2, 0) is 26.2 Å². The summed E-state index contributed by atoms with van der Waals surface area (Å²) < 4.78 is 5.04. The van der Waals surface area contributed by atoms with Gasteiger partial charge in [0.1, 0.15) is 6.04 Å². The second-order valence-corrected chi connectivity index (χ2v) is 9.01. The van der Waals surface area contributed by atoms with E-state index < -0.39 is 17.4 Å². The Kier molecular flexibility index (Phi) is 7.96. The Balaban J connectivity index is 1.73. The van der Waals surface area contributed by atoms with Gasteiger partial charge in [0.15, 0.2) is 0 Å². The average molecular weight is 478 g/mol. The van der Waals surface area contributed by atoms with E-state index in [4.69, 9.17) is 4.74 Å². The van der Waals surface area contributed by atoms with Gasteiger partial charge in [-0.3, -0.25) is 4.79 Å². The van der Waals surface area contributed by atoms with Gasteiger partial charge in [0.25, 0.3) is 0 Å². The molecule has 0 spiro atoms. The molecule has 182 valence electrons. The largest absolute Gasteiger partial charge is 0.467 e. The van der Waals surface area contributed by atoms with Crippen LogP contribution in [-0.4, -0.2) is 25.0 Å². The highest BCUT2D eigenvalue weighted by molar-refractivity contribution is 5.86. The predicted octanol–water partition coefficient (Wildman–Crippen LogP) is 5.62. The zero-order valence-corrected chi connectivity index (χ0v) is 20.7. The molecule has 4 nitrogen and oxygen atoms in total. The summed E-state index contributed by atoms with van der Waals surface area (Å²) in [5.41, 5.74) is 4.37. The van der Waals surface area contributed by atoms with Gasteiger partial charge in [0, 0.05) is 12.8 Å². The van der Waals surface area contributed by atoms with Crippen LogP contribution >= 0.6 is 0 Å². The molecule has 4 rings (SSSR count). The Labute approximate surface area is 213 Å². The number of esters is 1. The normalized spacial score (nSPS) is 11.9. The molecule has 0 unspecified atom stereocenters. The lowest BCUT2D eigenvalue weighted by Crippen LogP contribution is -2.46. The summed E-state index contributed by atoms with van der Waals surface area (Å²) in [6.07, 6.45) is 0.486. The van der Waals surface area contributed by atoms with Crippen LogP contribution in [0.1, 0.15) is 34.2 Å². The molecular formula is C32H31NO3. The van der Waals surface area contributed by atoms with Crippen LogP contribution in [0.15, 0.2) is 115 Å². The molecule has 0 heterocycles. The molecule has 1 amide bonds. The molecule has 0 fully saturated rings. The molecule has 0 aromatic heterocycles. The molecule has 1 N–H and O–H groups in total. The first kappa shape index (κ1) is 24.9. The van der Waals surface area contributed by atoms with Gasteiger partial charge < -0.3 is 10.1 Å². The van der Waals surface area contributed by atoms with Gasteiger partial charge in [-0.15, -0.1) is 0 Å². The van der Waals surface area contributed by atoms with Crippen LogP contribution in [0.5, 0.6) is 0 Å². The van der Waals surface area contributed by atoms with E-state index in [0.29, 0.717) is 6.42 Å². The second kappa shape index (κ2) is 11.5. The topological polar surface area (TPSA) is 55.4 Å². The third-order valence-electron chi connectivity index (χ3n) is 6.61. The van der Waals surface area contributed by atoms with Crippen molar-refractivity contribution in [2.24, 2.45) is 0 Å². The molecule has 4 aromatic rings. The molecule has 1 atom stereocenters. The Morgan fingerprint density at radius 1 is 0.722 bits per heavy atom. The van der Waals surface area contributed by atoms with Gasteiger partial charge in [0.05, 0.1) is 12.5 Å². The lowest BCUT2D eigenvalue weighted by molar-refractivity contribution is -0.145. The third-order valence-corrected chi connectivity index (χ3v) is 6.61. The van der Waals surface area contributed by atoms with E-state index in [9.17, 15) is 9.59 Å². The average Bonchev–Trinajstić information content (AvgIpc) is 2.93. The standard InChI is InChI=1S/C32H31NO3/c1-24-18-20-25(21-19-24)22-29(31(35)36-2)33-30(34)23-32(26-12-6-3-7-13-26,27-14-8-4-9-15-27)28-16-10-5-11-17-28/h3-21,29H,22-23H2,1-2H3,(H,33,34)/t29-/m1/s1. The monoisotopic (exact) mass is 477 g/mol. The van der Waals surface area contributed by atoms with Crippen LogP contribution in [0.2, 0.25) is 0 Å². The highest BCUT2D eigenvalue weighted by Gasteiger charge is 2.39. The number of benzene rings is 4. The number of aryl methyl sites for hydroxylation is 1. The summed E-state index contributed by atoms with van der Waals surface area (Å²) in [5.74, 6) is -0.692. The number of ether oxygens (including phenoxy) is 1. The molecular weight excluding hydrogens is 446 g/mol. The maximum absolute atomic E-state index is 13.7. The third kappa shape index (κ3) is 5.55. The van der Waals surface area contributed by atoms with Crippen molar-refractivity contribution in [2.75, 3.05) is 7.11 Å². The summed E-state index contributed by atoms with van der Waals surface area (Å²) in [6.45, 7) is 2.01. The van der Waals surface area contributed by atoms with Gasteiger partial charge in [-0.25, -0.2) is 4.79 Å². The van der Waals surface area contributed by atoms with Crippen molar-refractivity contribution < 1.29 is 14.3 Å². The number of carbonyl (C=O) groups excluding carboxylic acids is 2. The number of carbonyl (C=O) groups is 2. The molecule has 0 bridgehead atoms. The minimum absolute atomic E-state index is 0.131. The van der Waals surface area contributed by atoms with Gasteiger partial charge >= 0.3 is 5.97 Å². The van der Waals surface area contributed by atoms with Crippen LogP contribution < -0.4 is 5.32 Å². The predicted molar refractivity (Wildman–Crippen MR) is 143 cm³/mol. The molecule has 0 aliphatic heterocycles. The van der Waals surface area contributed by atoms with Crippen LogP contribution in [0.25, 0.3) is 0 Å². The highest BCUT2D eigenvalue weighted by atomic mass is 16.5. The van der Waals surface area contributed by atoms with Crippen LogP contribution in [0.3, 0.4) is 0 Å². The van der Waals surface area contributed by atoms with Crippen molar-refractivity contribution in [3.05, 3.63) is 143 Å². The Morgan fingerprint density at radius 2 is 1.17 bits per heavy atom. The SMILES string of the molecule is COC(=O)[C@@H](Cc1ccc(C)cc1)NC(=O)CC(c1ccccc1)(c1ccccc1)c1ccccc1. The van der Waals surface area contributed by atoms with E-state index >= 15 is 0 Å². The van der Waals surface area contributed by atoms with Crippen molar-refractivity contribution in [1.82, 2.24) is 5.32 Å². The van der Waals surface area contributed by atoms with Gasteiger partial charge in [-0.05, 0) is 29.2 Å². The zero-order chi connectivity index (χ0) is 25.4. The van der Waals surface area contributed by atoms with E-state index in [1.807, 2.05) is 85.8 Å². The molecule has 0 aliphatic rings. The van der Waals surface area contributed by atoms with Crippen molar-refractivity contribution in [3.63, 3.8) is 0 Å². The Hall–Kier alpha value is -4.18. The van der Waals surface area contributed by atoms with Crippen molar-refractivity contribution in [1.29, 1.82) is 0 Å². The summed E-state index contributed by atoms with van der Waals surface area (Å²) in [5, 5.41) is 2.98. The molecule has 0 saturated heterocycles. The van der Waals surface area contributed by atoms with Crippen molar-refractivity contribution >= 4 is 11.9 Å². The summed E-state index contributed by atoms with van der Waals surface area (Å²) in [7, 11) is 1.35. The van der Waals surface area contributed by atoms with Crippen molar-refractivity contribution in [2.45, 2.75) is 31.2 Å². The molecule has 4 heteroatoms. The first-order valence-electron chi connectivity index (χ1n) is 12.1. The smallest absolute Gasteiger partial charge is 0.328 e. The fraction of sp³-hybridized carbons (Fsp3) is 0.188. The number of nitrogens with one attached hydrogen (secondary N) is 1. The minimum Gasteiger partial charge on any atom is -0.467 e. The van der Waals surface area contributed by atoms with Crippen LogP contribution in [0, 0.1) is 6.92 Å². The van der Waals surface area contributed by atoms with E-state index in [2.05, 4.69) is 41.7 Å². The molecule has 36 heavy (non-hydrogen) atoms. The van der Waals surface area contributed by atoms with Gasteiger partial charge in [0.2, 0.25) is 5.91 Å². The fourth-order valence-corrected chi connectivity index (χ4v) is 4.76. The summed E-state index contributed by atoms with van der Waals surface area (Å²) in [6, 6.07) is 37.3. The zero-order valence-electron chi connectivity index (χ0n) is 20.7. The summed E-state index contributed by atoms with van der Waals surface area (Å²) >= 11 is 0. The first-order chi connectivity index (χ1) is 17.5. The van der Waals surface area contributed by atoms with Gasteiger partial charge in [-0.2, -0.15) is 0 Å². The number of methoxy groups -OCH3 is 1. The quantitative estimate of drug-likeness (QED) is 0.251. The maximum Gasteiger partial charge on any atom is 0.328 e. The lowest BCUT2D eigenvalue weighted by atomic mass is 9.67. The number of hydrogen-bond acceptors (Lipinski definition) is 3. The second-order valence-electron chi connectivity index (χ2n) is 9.01. The van der Waals surface area contributed by atoms with Gasteiger partial charge in [-0.1, -0.05) is 121 Å². The maximum atomic E-state index is 13.7. The van der Waals surface area contributed by atoms with Crippen molar-refractivity contribution in [3.8, 4) is 0 Å². The Morgan fingerprint density at radius 3 is 1.58 bits per heavy atom. The minimum atomic E-state index is -0.787. The van der Waals surface area contributed by atoms with E-state index in [0.717, 1.165) is 27.8 Å². The molecule has 0 saturated carbocycles. The molecule has 0 aliphatic carbocycles. The number of rotatable bonds is 9. The first-order valence-corrected chi connectivity index (χ1v) is 12.1. The van der Waals surface area contributed by atoms with Crippen LogP contribution in [0.4, 0.5) is 0 Å². The Bertz CT molecular complexity index is 1170. The van der Waals surface area contributed by atoms with E-state index in [1.165, 1.54) is 7.11 Å². The number of amides is 1.